The monoisotopic (exact) mass is 353 g/mol. The first-order chi connectivity index (χ1) is 11.0. The van der Waals surface area contributed by atoms with Crippen molar-refractivity contribution in [2.75, 3.05) is 13.7 Å². The summed E-state index contributed by atoms with van der Waals surface area (Å²) in [4.78, 5) is 14.3. The van der Waals surface area contributed by atoms with E-state index in [0.29, 0.717) is 13.1 Å². The first-order valence-electron chi connectivity index (χ1n) is 7.09. The quantitative estimate of drug-likeness (QED) is 0.751. The fourth-order valence-electron chi connectivity index (χ4n) is 2.69. The minimum Gasteiger partial charge on any atom is -0.497 e. The highest BCUT2D eigenvalue weighted by Crippen LogP contribution is 2.28. The molecular formula is C17H14Cl2FNO2. The third-order valence-electron chi connectivity index (χ3n) is 3.95. The van der Waals surface area contributed by atoms with Gasteiger partial charge in [0.15, 0.2) is 0 Å². The van der Waals surface area contributed by atoms with E-state index in [1.165, 1.54) is 11.6 Å². The largest absolute Gasteiger partial charge is 0.497 e. The molecular weight excluding hydrogens is 340 g/mol. The number of halogens is 3. The number of nitrogens with zero attached hydrogens (tertiary/aromatic N) is 1. The van der Waals surface area contributed by atoms with Crippen LogP contribution in [0, 0.1) is 5.82 Å². The van der Waals surface area contributed by atoms with Crippen molar-refractivity contribution < 1.29 is 13.9 Å². The van der Waals surface area contributed by atoms with Crippen LogP contribution in [0.15, 0.2) is 30.3 Å². The second-order valence-corrected chi connectivity index (χ2v) is 6.17. The van der Waals surface area contributed by atoms with E-state index in [1.54, 1.807) is 12.0 Å². The molecule has 0 aliphatic carbocycles. The summed E-state index contributed by atoms with van der Waals surface area (Å²) in [6.07, 6.45) is 0.735. The van der Waals surface area contributed by atoms with Crippen LogP contribution in [0.5, 0.6) is 5.75 Å². The van der Waals surface area contributed by atoms with Crippen molar-refractivity contribution in [1.82, 2.24) is 4.90 Å². The maximum Gasteiger partial charge on any atom is 0.255 e. The molecule has 0 saturated heterocycles. The van der Waals surface area contributed by atoms with Crippen molar-refractivity contribution in [3.05, 3.63) is 62.9 Å². The predicted molar refractivity (Wildman–Crippen MR) is 87.9 cm³/mol. The molecule has 120 valence electrons. The number of carbonyl (C=O) groups is 1. The molecule has 0 aromatic heterocycles. The summed E-state index contributed by atoms with van der Waals surface area (Å²) in [6.45, 7) is 0.991. The van der Waals surface area contributed by atoms with E-state index in [4.69, 9.17) is 27.9 Å². The third-order valence-corrected chi connectivity index (χ3v) is 4.56. The predicted octanol–water partition coefficient (Wildman–Crippen LogP) is 4.34. The molecule has 0 atom stereocenters. The number of benzene rings is 2. The van der Waals surface area contributed by atoms with Gasteiger partial charge in [0.2, 0.25) is 0 Å². The summed E-state index contributed by atoms with van der Waals surface area (Å²) < 4.78 is 18.9. The van der Waals surface area contributed by atoms with Gasteiger partial charge in [-0.15, -0.1) is 0 Å². The highest BCUT2D eigenvalue weighted by atomic mass is 35.5. The van der Waals surface area contributed by atoms with Gasteiger partial charge in [-0.3, -0.25) is 4.79 Å². The van der Waals surface area contributed by atoms with Gasteiger partial charge >= 0.3 is 0 Å². The molecule has 0 saturated carbocycles. The van der Waals surface area contributed by atoms with Gasteiger partial charge in [-0.1, -0.05) is 29.3 Å². The van der Waals surface area contributed by atoms with Gasteiger partial charge in [-0.05, 0) is 41.8 Å². The molecule has 0 bridgehead atoms. The highest BCUT2D eigenvalue weighted by molar-refractivity contribution is 6.36. The molecule has 0 fully saturated rings. The number of hydrogen-bond donors (Lipinski definition) is 0. The van der Waals surface area contributed by atoms with Gasteiger partial charge in [-0.25, -0.2) is 4.39 Å². The molecule has 3 rings (SSSR count). The Labute approximate surface area is 143 Å². The summed E-state index contributed by atoms with van der Waals surface area (Å²) >= 11 is 11.7. The maximum atomic E-state index is 13.6. The van der Waals surface area contributed by atoms with Crippen molar-refractivity contribution in [3.8, 4) is 5.75 Å². The van der Waals surface area contributed by atoms with Crippen molar-refractivity contribution in [3.63, 3.8) is 0 Å². The molecule has 6 heteroatoms. The van der Waals surface area contributed by atoms with Crippen molar-refractivity contribution in [2.45, 2.75) is 13.0 Å². The van der Waals surface area contributed by atoms with E-state index in [-0.39, 0.29) is 21.5 Å². The second-order valence-electron chi connectivity index (χ2n) is 5.36. The molecule has 3 nitrogen and oxygen atoms in total. The van der Waals surface area contributed by atoms with Crippen LogP contribution in [0.1, 0.15) is 21.5 Å². The zero-order chi connectivity index (χ0) is 16.6. The summed E-state index contributed by atoms with van der Waals surface area (Å²) in [7, 11) is 1.60. The summed E-state index contributed by atoms with van der Waals surface area (Å²) in [5.74, 6) is -0.217. The van der Waals surface area contributed by atoms with Gasteiger partial charge < -0.3 is 9.64 Å². The Morgan fingerprint density at radius 1 is 1.17 bits per heavy atom. The van der Waals surface area contributed by atoms with Crippen LogP contribution in [0.4, 0.5) is 4.39 Å². The number of hydrogen-bond acceptors (Lipinski definition) is 2. The zero-order valence-electron chi connectivity index (χ0n) is 12.4. The van der Waals surface area contributed by atoms with Crippen molar-refractivity contribution in [2.24, 2.45) is 0 Å². The normalized spacial score (nSPS) is 13.7. The van der Waals surface area contributed by atoms with Crippen molar-refractivity contribution in [1.29, 1.82) is 0 Å². The molecule has 1 heterocycles. The van der Waals surface area contributed by atoms with Gasteiger partial charge in [0.25, 0.3) is 5.91 Å². The van der Waals surface area contributed by atoms with Gasteiger partial charge in [0.05, 0.1) is 22.7 Å². The van der Waals surface area contributed by atoms with E-state index in [2.05, 4.69) is 0 Å². The molecule has 1 amide bonds. The Morgan fingerprint density at radius 2 is 1.96 bits per heavy atom. The molecule has 1 aliphatic heterocycles. The molecule has 0 radical (unpaired) electrons. The fourth-order valence-corrected chi connectivity index (χ4v) is 3.15. The van der Waals surface area contributed by atoms with Gasteiger partial charge in [0.1, 0.15) is 11.6 Å². The number of carbonyl (C=O) groups excluding carboxylic acids is 1. The third kappa shape index (κ3) is 3.14. The van der Waals surface area contributed by atoms with E-state index in [1.807, 2.05) is 18.2 Å². The Bertz CT molecular complexity index is 779. The smallest absolute Gasteiger partial charge is 0.255 e. The lowest BCUT2D eigenvalue weighted by Crippen LogP contribution is -2.36. The first kappa shape index (κ1) is 16.1. The first-order valence-corrected chi connectivity index (χ1v) is 7.85. The van der Waals surface area contributed by atoms with Crippen LogP contribution in [0.2, 0.25) is 10.0 Å². The minimum absolute atomic E-state index is 0.0970. The van der Waals surface area contributed by atoms with Gasteiger partial charge in [0, 0.05) is 13.1 Å². The van der Waals surface area contributed by atoms with Crippen LogP contribution in [-0.2, 0) is 13.0 Å². The van der Waals surface area contributed by atoms with Crippen LogP contribution < -0.4 is 4.74 Å². The Kier molecular flexibility index (Phi) is 4.46. The number of methoxy groups -OCH3 is 1. The lowest BCUT2D eigenvalue weighted by molar-refractivity contribution is 0.0734. The molecule has 2 aromatic rings. The molecule has 0 N–H and O–H groups in total. The van der Waals surface area contributed by atoms with Crippen LogP contribution in [-0.4, -0.2) is 24.5 Å². The fraction of sp³-hybridized carbons (Fsp3) is 0.235. The highest BCUT2D eigenvalue weighted by Gasteiger charge is 2.24. The summed E-state index contributed by atoms with van der Waals surface area (Å²) in [5, 5.41) is 0.0538. The molecule has 0 spiro atoms. The molecule has 0 unspecified atom stereocenters. The van der Waals surface area contributed by atoms with Crippen molar-refractivity contribution >= 4 is 29.1 Å². The number of rotatable bonds is 2. The van der Waals surface area contributed by atoms with Crippen LogP contribution >= 0.6 is 23.2 Å². The molecule has 1 aliphatic rings. The average Bonchev–Trinajstić information content (AvgIpc) is 2.56. The average molecular weight is 354 g/mol. The lowest BCUT2D eigenvalue weighted by atomic mass is 9.99. The summed E-state index contributed by atoms with van der Waals surface area (Å²) in [5.41, 5.74) is 2.33. The second kappa shape index (κ2) is 6.38. The van der Waals surface area contributed by atoms with E-state index < -0.39 is 5.82 Å². The topological polar surface area (TPSA) is 29.5 Å². The van der Waals surface area contributed by atoms with Gasteiger partial charge in [-0.2, -0.15) is 0 Å². The number of amides is 1. The SMILES string of the molecule is COc1ccc2c(c1)CN(C(=O)c1cc(F)c(Cl)cc1Cl)CC2. The number of ether oxygens (including phenoxy) is 1. The minimum atomic E-state index is -0.654. The molecule has 23 heavy (non-hydrogen) atoms. The molecule has 2 aromatic carbocycles. The number of fused-ring (bicyclic) bond motifs is 1. The van der Waals surface area contributed by atoms with E-state index >= 15 is 0 Å². The van der Waals surface area contributed by atoms with E-state index in [9.17, 15) is 9.18 Å². The Balaban J connectivity index is 1.88. The standard InChI is InChI=1S/C17H14Cl2FNO2/c1-23-12-3-2-10-4-5-21(9-11(10)6-12)17(22)13-7-16(20)15(19)8-14(13)18/h2-3,6-8H,4-5,9H2,1H3. The Morgan fingerprint density at radius 3 is 2.70 bits per heavy atom. The summed E-state index contributed by atoms with van der Waals surface area (Å²) in [6, 6.07) is 8.17. The lowest BCUT2D eigenvalue weighted by Gasteiger charge is -2.29. The van der Waals surface area contributed by atoms with Crippen LogP contribution in [0.25, 0.3) is 0 Å². The van der Waals surface area contributed by atoms with Crippen LogP contribution in [0.3, 0.4) is 0 Å². The zero-order valence-corrected chi connectivity index (χ0v) is 13.9. The Hall–Kier alpha value is -1.78. The maximum absolute atomic E-state index is 13.6. The van der Waals surface area contributed by atoms with E-state index in [0.717, 1.165) is 23.8 Å².